The first-order valence-electron chi connectivity index (χ1n) is 14.2. The molecule has 2 saturated heterocycles. The number of nitrogens with one attached hydrogen (secondary N) is 2. The summed E-state index contributed by atoms with van der Waals surface area (Å²) < 4.78 is 7.28. The molecule has 45 heavy (non-hydrogen) atoms. The molecular formula is C31H27N7O6S. The van der Waals surface area contributed by atoms with E-state index in [-0.39, 0.29) is 47.0 Å². The van der Waals surface area contributed by atoms with Gasteiger partial charge in [0.1, 0.15) is 24.4 Å². The number of benzene rings is 3. The van der Waals surface area contributed by atoms with Gasteiger partial charge < -0.3 is 15.2 Å². The van der Waals surface area contributed by atoms with Crippen molar-refractivity contribution >= 4 is 29.5 Å². The van der Waals surface area contributed by atoms with E-state index in [1.165, 1.54) is 9.58 Å². The summed E-state index contributed by atoms with van der Waals surface area (Å²) in [6.07, 6.45) is -0.343. The summed E-state index contributed by atoms with van der Waals surface area (Å²) >= 11 is 1.09. The predicted octanol–water partition coefficient (Wildman–Crippen LogP) is 1.68. The lowest BCUT2D eigenvalue weighted by atomic mass is 9.80. The third-order valence-corrected chi connectivity index (χ3v) is 9.01. The summed E-state index contributed by atoms with van der Waals surface area (Å²) in [6, 6.07) is 28.1. The number of amides is 2. The van der Waals surface area contributed by atoms with Crippen LogP contribution in [0.5, 0.6) is 0 Å². The number of tetrazole rings is 1. The van der Waals surface area contributed by atoms with E-state index in [2.05, 4.69) is 26.3 Å². The van der Waals surface area contributed by atoms with Crippen molar-refractivity contribution < 1.29 is 29.1 Å². The summed E-state index contributed by atoms with van der Waals surface area (Å²) in [4.78, 5) is 45.6. The van der Waals surface area contributed by atoms with Crippen molar-refractivity contribution in [1.29, 1.82) is 0 Å². The molecule has 3 aromatic carbocycles. The third-order valence-electron chi connectivity index (χ3n) is 8.05. The molecule has 13 nitrogen and oxygen atoms in total. The highest BCUT2D eigenvalue weighted by atomic mass is 32.2. The lowest BCUT2D eigenvalue weighted by molar-refractivity contribution is -0.158. The molecule has 2 amide bonds. The summed E-state index contributed by atoms with van der Waals surface area (Å²) in [5.41, 5.74) is 3.70. The number of hydrogen-bond donors (Lipinski definition) is 3. The van der Waals surface area contributed by atoms with Crippen molar-refractivity contribution in [3.05, 3.63) is 119 Å². The second-order valence-corrected chi connectivity index (χ2v) is 11.6. The van der Waals surface area contributed by atoms with Crippen LogP contribution in [0.3, 0.4) is 0 Å². The molecule has 0 spiro atoms. The van der Waals surface area contributed by atoms with Gasteiger partial charge in [-0.2, -0.15) is 0 Å². The maximum atomic E-state index is 13.3. The monoisotopic (exact) mass is 625 g/mol. The predicted molar refractivity (Wildman–Crippen MR) is 159 cm³/mol. The highest BCUT2D eigenvalue weighted by molar-refractivity contribution is 7.99. The Morgan fingerprint density at radius 2 is 1.60 bits per heavy atom. The largest absolute Gasteiger partial charge is 0.488 e. The van der Waals surface area contributed by atoms with Gasteiger partial charge in [-0.25, -0.2) is 15.0 Å². The SMILES string of the molecule is O=C(Cn1nnnc1SCC1=C(C(=O)O)N2C(=O)[C@H]3NC[C@@H](O1)[C@H]32)NOC(c1ccccc1)(c1ccccc1)c1ccccc1. The van der Waals surface area contributed by atoms with Crippen molar-refractivity contribution in [2.45, 2.75) is 35.5 Å². The first-order valence-corrected chi connectivity index (χ1v) is 15.2. The van der Waals surface area contributed by atoms with E-state index in [0.29, 0.717) is 6.54 Å². The van der Waals surface area contributed by atoms with Crippen LogP contribution in [-0.4, -0.2) is 78.5 Å². The number of aromatic nitrogens is 4. The average Bonchev–Trinajstić information content (AvgIpc) is 3.70. The maximum Gasteiger partial charge on any atom is 0.356 e. The summed E-state index contributed by atoms with van der Waals surface area (Å²) in [7, 11) is 0. The molecule has 3 aliphatic heterocycles. The fourth-order valence-corrected chi connectivity index (χ4v) is 6.87. The van der Waals surface area contributed by atoms with Gasteiger partial charge >= 0.3 is 5.97 Å². The molecule has 0 saturated carbocycles. The van der Waals surface area contributed by atoms with E-state index in [1.807, 2.05) is 91.0 Å². The molecule has 0 bridgehead atoms. The fourth-order valence-electron chi connectivity index (χ4n) is 6.06. The fraction of sp³-hybridized carbons (Fsp3) is 0.226. The number of aliphatic carboxylic acids is 1. The zero-order valence-electron chi connectivity index (χ0n) is 23.6. The number of rotatable bonds is 11. The topological polar surface area (TPSA) is 161 Å². The van der Waals surface area contributed by atoms with Gasteiger partial charge in [0.2, 0.25) is 11.1 Å². The number of hydrogen-bond acceptors (Lipinski definition) is 10. The normalized spacial score (nSPS) is 20.3. The van der Waals surface area contributed by atoms with Crippen LogP contribution in [0.25, 0.3) is 0 Å². The number of carbonyl (C=O) groups excluding carboxylic acids is 2. The minimum absolute atomic E-state index is 0.0386. The molecule has 0 unspecified atom stereocenters. The van der Waals surface area contributed by atoms with Crippen molar-refractivity contribution in [3.8, 4) is 0 Å². The number of nitrogens with zero attached hydrogens (tertiary/aromatic N) is 5. The van der Waals surface area contributed by atoms with Gasteiger partial charge in [-0.1, -0.05) is 103 Å². The zero-order chi connectivity index (χ0) is 31.0. The molecule has 228 valence electrons. The van der Waals surface area contributed by atoms with Crippen molar-refractivity contribution in [2.24, 2.45) is 0 Å². The van der Waals surface area contributed by atoms with E-state index >= 15 is 0 Å². The zero-order valence-corrected chi connectivity index (χ0v) is 24.5. The van der Waals surface area contributed by atoms with Crippen LogP contribution in [0, 0.1) is 0 Å². The van der Waals surface area contributed by atoms with Gasteiger partial charge in [0.25, 0.3) is 5.91 Å². The average molecular weight is 626 g/mol. The minimum Gasteiger partial charge on any atom is -0.488 e. The molecule has 4 aromatic rings. The van der Waals surface area contributed by atoms with E-state index in [1.54, 1.807) is 0 Å². The Kier molecular flexibility index (Phi) is 7.53. The maximum absolute atomic E-state index is 13.3. The van der Waals surface area contributed by atoms with Gasteiger partial charge in [0, 0.05) is 6.54 Å². The first-order chi connectivity index (χ1) is 22.0. The molecule has 7 rings (SSSR count). The highest BCUT2D eigenvalue weighted by Gasteiger charge is 2.61. The van der Waals surface area contributed by atoms with E-state index < -0.39 is 23.5 Å². The van der Waals surface area contributed by atoms with Crippen molar-refractivity contribution in [2.75, 3.05) is 12.3 Å². The molecule has 2 fully saturated rings. The quantitative estimate of drug-likeness (QED) is 0.0963. The highest BCUT2D eigenvalue weighted by Crippen LogP contribution is 2.41. The van der Waals surface area contributed by atoms with Crippen LogP contribution in [0.2, 0.25) is 0 Å². The Morgan fingerprint density at radius 3 is 2.18 bits per heavy atom. The molecular weight excluding hydrogens is 598 g/mol. The number of carboxylic acid groups (broad SMARTS) is 1. The summed E-state index contributed by atoms with van der Waals surface area (Å²) in [5, 5.41) is 24.9. The first kappa shape index (κ1) is 28.7. The number of carbonyl (C=O) groups is 3. The molecule has 1 aromatic heterocycles. The molecule has 3 aliphatic rings. The Hall–Kier alpha value is -5.05. The van der Waals surface area contributed by atoms with Crippen LogP contribution in [-0.2, 0) is 36.1 Å². The Morgan fingerprint density at radius 1 is 1.00 bits per heavy atom. The number of β-lactam (4-membered cyclic amide) rings is 1. The van der Waals surface area contributed by atoms with Crippen LogP contribution in [0.1, 0.15) is 16.7 Å². The molecule has 3 N–H and O–H groups in total. The second-order valence-electron chi connectivity index (χ2n) is 10.6. The summed E-state index contributed by atoms with van der Waals surface area (Å²) in [5.74, 6) is -1.88. The smallest absolute Gasteiger partial charge is 0.356 e. The van der Waals surface area contributed by atoms with Gasteiger partial charge in [-0.3, -0.25) is 19.3 Å². The molecule has 0 radical (unpaired) electrons. The molecule has 14 heteroatoms. The number of hydroxylamine groups is 1. The lowest BCUT2D eigenvalue weighted by Gasteiger charge is -2.48. The number of thioether (sulfide) groups is 1. The van der Waals surface area contributed by atoms with Crippen LogP contribution >= 0.6 is 11.8 Å². The lowest BCUT2D eigenvalue weighted by Crippen LogP contribution is -2.69. The Labute approximate surface area is 261 Å². The minimum atomic E-state index is -1.25. The van der Waals surface area contributed by atoms with Crippen LogP contribution < -0.4 is 10.8 Å². The Bertz CT molecular complexity index is 1670. The van der Waals surface area contributed by atoms with Crippen molar-refractivity contribution in [1.82, 2.24) is 35.9 Å². The molecule has 4 heterocycles. The third kappa shape index (κ3) is 5.02. The molecule has 0 aliphatic carbocycles. The van der Waals surface area contributed by atoms with Gasteiger partial charge in [0.15, 0.2) is 11.3 Å². The standard InChI is InChI=1S/C31H27N7O6S/c39-24(34-44-31(19-10-4-1-5-11-19,20-12-6-2-7-13-20)21-14-8-3-9-15-21)17-37-30(33-35-36-37)45-18-23-27(29(41)42)38-26-22(43-23)16-32-25(26)28(38)40/h1-15,22,25-26,32H,16-18H2,(H,34,39)(H,41,42)/t22-,25+,26-/m1/s1. The van der Waals surface area contributed by atoms with Gasteiger partial charge in [-0.05, 0) is 27.1 Å². The number of ether oxygens (including phenoxy) is 1. The van der Waals surface area contributed by atoms with E-state index in [9.17, 15) is 19.5 Å². The Balaban J connectivity index is 1.10. The van der Waals surface area contributed by atoms with E-state index in [0.717, 1.165) is 28.5 Å². The van der Waals surface area contributed by atoms with E-state index in [4.69, 9.17) is 9.57 Å². The van der Waals surface area contributed by atoms with Gasteiger partial charge in [0.05, 0.1) is 11.8 Å². The molecule has 3 atom stereocenters. The van der Waals surface area contributed by atoms with Crippen LogP contribution in [0.15, 0.2) is 108 Å². The number of carboxylic acids is 1. The second kappa shape index (κ2) is 11.8. The summed E-state index contributed by atoms with van der Waals surface area (Å²) in [6.45, 7) is 0.156. The van der Waals surface area contributed by atoms with Crippen LogP contribution in [0.4, 0.5) is 0 Å². The van der Waals surface area contributed by atoms with Crippen molar-refractivity contribution in [3.63, 3.8) is 0 Å². The van der Waals surface area contributed by atoms with Gasteiger partial charge in [-0.15, -0.1) is 5.10 Å².